The Kier molecular flexibility index (Phi) is 7.10. The Morgan fingerprint density at radius 3 is 2.48 bits per heavy atom. The number of aliphatic hydroxyl groups excluding tert-OH is 1. The molecule has 2 unspecified atom stereocenters. The number of carbonyl (C=O) groups is 3. The summed E-state index contributed by atoms with van der Waals surface area (Å²) in [5.41, 5.74) is 0. The molecule has 8 nitrogen and oxygen atoms in total. The minimum atomic E-state index is -1.10. The summed E-state index contributed by atoms with van der Waals surface area (Å²) in [6, 6.07) is 0. The third-order valence-electron chi connectivity index (χ3n) is 3.30. The molecule has 1 aliphatic heterocycles. The van der Waals surface area contributed by atoms with Gasteiger partial charge in [-0.1, -0.05) is 0 Å². The third kappa shape index (κ3) is 5.68. The number of carbonyl (C=O) groups excluding carboxylic acids is 3. The van der Waals surface area contributed by atoms with Crippen molar-refractivity contribution in [2.24, 2.45) is 0 Å². The lowest BCUT2D eigenvalue weighted by Crippen LogP contribution is -2.49. The van der Waals surface area contributed by atoms with Crippen LogP contribution in [-0.4, -0.2) is 74.0 Å². The fourth-order valence-electron chi connectivity index (χ4n) is 2.13. The normalized spacial score (nSPS) is 22.4. The number of hydrogen-bond donors (Lipinski definition) is 1. The van der Waals surface area contributed by atoms with Crippen molar-refractivity contribution in [2.45, 2.75) is 31.5 Å². The predicted molar refractivity (Wildman–Crippen MR) is 70.2 cm³/mol. The van der Waals surface area contributed by atoms with E-state index < -0.39 is 24.1 Å². The van der Waals surface area contributed by atoms with E-state index >= 15 is 0 Å². The highest BCUT2D eigenvalue weighted by molar-refractivity contribution is 6.29. The summed E-state index contributed by atoms with van der Waals surface area (Å²) >= 11 is 0. The van der Waals surface area contributed by atoms with Crippen molar-refractivity contribution in [3.8, 4) is 0 Å². The molecule has 0 aromatic carbocycles. The van der Waals surface area contributed by atoms with E-state index in [1.165, 1.54) is 7.11 Å². The Morgan fingerprint density at radius 2 is 1.90 bits per heavy atom. The lowest BCUT2D eigenvalue weighted by Gasteiger charge is -2.35. The Labute approximate surface area is 122 Å². The smallest absolute Gasteiger partial charge is 0.417 e. The highest BCUT2D eigenvalue weighted by Gasteiger charge is 2.32. The van der Waals surface area contributed by atoms with E-state index in [0.717, 1.165) is 7.11 Å². The molecule has 1 saturated heterocycles. The van der Waals surface area contributed by atoms with Crippen LogP contribution in [0.2, 0.25) is 0 Å². The molecule has 120 valence electrons. The second-order valence-electron chi connectivity index (χ2n) is 4.77. The maximum Gasteiger partial charge on any atom is 0.417 e. The van der Waals surface area contributed by atoms with Crippen LogP contribution in [0.4, 0.5) is 0 Å². The molecule has 8 heteroatoms. The minimum absolute atomic E-state index is 0.266. The van der Waals surface area contributed by atoms with Crippen LogP contribution in [0, 0.1) is 0 Å². The van der Waals surface area contributed by atoms with Gasteiger partial charge in [-0.25, -0.2) is 9.59 Å². The molecule has 1 fully saturated rings. The molecule has 0 aromatic heterocycles. The van der Waals surface area contributed by atoms with Crippen LogP contribution in [0.1, 0.15) is 19.3 Å². The topological polar surface area (TPSA) is 102 Å². The molecule has 0 aliphatic carbocycles. The number of methoxy groups -OCH3 is 2. The van der Waals surface area contributed by atoms with Crippen molar-refractivity contribution in [1.29, 1.82) is 0 Å². The number of nitrogens with zero attached hydrogens (tertiary/aromatic N) is 1. The van der Waals surface area contributed by atoms with E-state index in [1.807, 2.05) is 4.90 Å². The first kappa shape index (κ1) is 17.4. The number of aliphatic hydroxyl groups is 1. The number of piperidine rings is 1. The van der Waals surface area contributed by atoms with Crippen LogP contribution in [0.15, 0.2) is 0 Å². The molecule has 0 saturated carbocycles. The summed E-state index contributed by atoms with van der Waals surface area (Å²) in [5, 5.41) is 9.93. The van der Waals surface area contributed by atoms with Gasteiger partial charge in [0.25, 0.3) is 0 Å². The van der Waals surface area contributed by atoms with Crippen LogP contribution in [0.5, 0.6) is 0 Å². The highest BCUT2D eigenvalue weighted by Crippen LogP contribution is 2.15. The molecule has 1 aliphatic rings. The number of hydrogen-bond acceptors (Lipinski definition) is 8. The Morgan fingerprint density at radius 1 is 1.19 bits per heavy atom. The molecule has 2 atom stereocenters. The fourth-order valence-corrected chi connectivity index (χ4v) is 2.13. The van der Waals surface area contributed by atoms with Gasteiger partial charge >= 0.3 is 17.9 Å². The van der Waals surface area contributed by atoms with E-state index in [0.29, 0.717) is 38.9 Å². The van der Waals surface area contributed by atoms with Gasteiger partial charge in [-0.2, -0.15) is 0 Å². The molecule has 1 N–H and O–H groups in total. The summed E-state index contributed by atoms with van der Waals surface area (Å²) in [5.74, 6) is -2.44. The standard InChI is InChI=1S/C13H21NO7/c1-19-11(16)4-3-6-14-7-5-10(9(15)8-14)21-13(18)12(17)20-2/h9-10,15H,3-8H2,1-2H3. The second-order valence-corrected chi connectivity index (χ2v) is 4.77. The zero-order valence-electron chi connectivity index (χ0n) is 12.2. The first-order valence-electron chi connectivity index (χ1n) is 6.74. The van der Waals surface area contributed by atoms with Gasteiger partial charge in [0.15, 0.2) is 0 Å². The average molecular weight is 303 g/mol. The zero-order valence-corrected chi connectivity index (χ0v) is 12.2. The van der Waals surface area contributed by atoms with Crippen molar-refractivity contribution in [3.63, 3.8) is 0 Å². The Hall–Kier alpha value is -1.67. The zero-order chi connectivity index (χ0) is 15.8. The van der Waals surface area contributed by atoms with Crippen LogP contribution in [-0.2, 0) is 28.6 Å². The van der Waals surface area contributed by atoms with Gasteiger partial charge in [0.2, 0.25) is 0 Å². The second kappa shape index (κ2) is 8.58. The quantitative estimate of drug-likeness (QED) is 0.396. The van der Waals surface area contributed by atoms with E-state index in [9.17, 15) is 19.5 Å². The molecule has 21 heavy (non-hydrogen) atoms. The van der Waals surface area contributed by atoms with Gasteiger partial charge < -0.3 is 24.2 Å². The molecular weight excluding hydrogens is 282 g/mol. The minimum Gasteiger partial charge on any atom is -0.469 e. The lowest BCUT2D eigenvalue weighted by atomic mass is 10.0. The molecule has 0 amide bonds. The molecule has 0 bridgehead atoms. The van der Waals surface area contributed by atoms with Crippen LogP contribution in [0.25, 0.3) is 0 Å². The molecule has 1 rings (SSSR count). The van der Waals surface area contributed by atoms with E-state index in [-0.39, 0.29) is 5.97 Å². The van der Waals surface area contributed by atoms with Gasteiger partial charge in [0.05, 0.1) is 14.2 Å². The number of likely N-dealkylation sites (tertiary alicyclic amines) is 1. The number of esters is 3. The summed E-state index contributed by atoms with van der Waals surface area (Å²) in [6.45, 7) is 1.57. The van der Waals surface area contributed by atoms with Gasteiger partial charge in [-0.05, 0) is 19.4 Å². The number of rotatable bonds is 5. The fraction of sp³-hybridized carbons (Fsp3) is 0.769. The summed E-state index contributed by atoms with van der Waals surface area (Å²) in [6.07, 6.45) is -0.211. The molecule has 0 spiro atoms. The molecular formula is C13H21NO7. The van der Waals surface area contributed by atoms with Gasteiger partial charge in [0, 0.05) is 19.5 Å². The molecule has 0 radical (unpaired) electrons. The Bertz CT molecular complexity index is 385. The first-order chi connectivity index (χ1) is 9.97. The monoisotopic (exact) mass is 303 g/mol. The molecule has 0 aromatic rings. The SMILES string of the molecule is COC(=O)CCCN1CCC(OC(=O)C(=O)OC)C(O)C1. The highest BCUT2D eigenvalue weighted by atomic mass is 16.6. The first-order valence-corrected chi connectivity index (χ1v) is 6.74. The van der Waals surface area contributed by atoms with Crippen LogP contribution >= 0.6 is 0 Å². The van der Waals surface area contributed by atoms with Crippen LogP contribution < -0.4 is 0 Å². The Balaban J connectivity index is 2.32. The van der Waals surface area contributed by atoms with Gasteiger partial charge in [0.1, 0.15) is 12.2 Å². The van der Waals surface area contributed by atoms with Crippen molar-refractivity contribution in [3.05, 3.63) is 0 Å². The van der Waals surface area contributed by atoms with Crippen molar-refractivity contribution in [2.75, 3.05) is 33.9 Å². The van der Waals surface area contributed by atoms with E-state index in [1.54, 1.807) is 0 Å². The van der Waals surface area contributed by atoms with Gasteiger partial charge in [-0.15, -0.1) is 0 Å². The largest absolute Gasteiger partial charge is 0.469 e. The van der Waals surface area contributed by atoms with E-state index in [2.05, 4.69) is 9.47 Å². The summed E-state index contributed by atoms with van der Waals surface area (Å²) in [4.78, 5) is 35.2. The predicted octanol–water partition coefficient (Wildman–Crippen LogP) is -0.909. The number of ether oxygens (including phenoxy) is 3. The maximum atomic E-state index is 11.3. The molecule has 1 heterocycles. The van der Waals surface area contributed by atoms with Crippen molar-refractivity contribution < 1.29 is 33.7 Å². The summed E-state index contributed by atoms with van der Waals surface area (Å²) < 4.78 is 13.7. The van der Waals surface area contributed by atoms with Crippen molar-refractivity contribution >= 4 is 17.9 Å². The van der Waals surface area contributed by atoms with E-state index in [4.69, 9.17) is 4.74 Å². The maximum absolute atomic E-state index is 11.3. The van der Waals surface area contributed by atoms with Gasteiger partial charge in [-0.3, -0.25) is 4.79 Å². The average Bonchev–Trinajstić information content (AvgIpc) is 2.48. The third-order valence-corrected chi connectivity index (χ3v) is 3.30. The van der Waals surface area contributed by atoms with Crippen molar-refractivity contribution in [1.82, 2.24) is 4.90 Å². The summed E-state index contributed by atoms with van der Waals surface area (Å²) in [7, 11) is 2.43. The number of β-amino-alcohol motifs (C(OH)–C–C–N with tert-alkyl or cyclic N) is 1. The van der Waals surface area contributed by atoms with Crippen LogP contribution in [0.3, 0.4) is 0 Å². The lowest BCUT2D eigenvalue weighted by molar-refractivity contribution is -0.175.